The third kappa shape index (κ3) is 3.66. The smallest absolute Gasteiger partial charge is 0.245 e. The zero-order chi connectivity index (χ0) is 18.0. The van der Waals surface area contributed by atoms with E-state index in [1.54, 1.807) is 19.1 Å². The van der Waals surface area contributed by atoms with Gasteiger partial charge in [-0.05, 0) is 31.9 Å². The quantitative estimate of drug-likeness (QED) is 0.780. The number of carbonyl (C=O) groups excluding carboxylic acids is 1. The summed E-state index contributed by atoms with van der Waals surface area (Å²) in [7, 11) is -3.75. The third-order valence-corrected chi connectivity index (χ3v) is 6.72. The summed E-state index contributed by atoms with van der Waals surface area (Å²) in [6, 6.07) is 4.54. The monoisotopic (exact) mass is 384 g/mol. The fraction of sp³-hybridized carbons (Fsp3) is 0.533. The second-order valence-electron chi connectivity index (χ2n) is 6.18. The number of hydrogen-bond acceptors (Lipinski definition) is 7. The lowest BCUT2D eigenvalue weighted by Crippen LogP contribution is -2.47. The molecule has 2 N–H and O–H groups in total. The maximum Gasteiger partial charge on any atom is 0.245 e. The van der Waals surface area contributed by atoms with E-state index in [1.165, 1.54) is 10.4 Å². The molecule has 2 atom stereocenters. The molecular formula is C15H20N4O4S2. The van der Waals surface area contributed by atoms with E-state index in [9.17, 15) is 13.2 Å². The summed E-state index contributed by atoms with van der Waals surface area (Å²) in [6.07, 6.45) is 1.23. The van der Waals surface area contributed by atoms with Crippen LogP contribution in [0.4, 0.5) is 0 Å². The van der Waals surface area contributed by atoms with Crippen LogP contribution in [-0.4, -0.2) is 58.2 Å². The van der Waals surface area contributed by atoms with Crippen molar-refractivity contribution in [3.8, 4) is 0 Å². The van der Waals surface area contributed by atoms with Crippen molar-refractivity contribution >= 4 is 38.7 Å². The van der Waals surface area contributed by atoms with Crippen LogP contribution in [0.25, 0.3) is 11.0 Å². The van der Waals surface area contributed by atoms with Gasteiger partial charge in [0.15, 0.2) is 0 Å². The number of rotatable bonds is 5. The number of amides is 1. The topological polar surface area (TPSA) is 112 Å². The summed E-state index contributed by atoms with van der Waals surface area (Å²) in [4.78, 5) is 12.4. The van der Waals surface area contributed by atoms with Crippen LogP contribution in [0.5, 0.6) is 0 Å². The molecule has 0 spiro atoms. The Hall–Kier alpha value is -1.62. The SMILES string of the molecule is CC(CO)NC(=O)C1CCCN(S(=O)(=O)c2cccc3nsnc23)C1. The number of hydrogen-bond donors (Lipinski definition) is 2. The van der Waals surface area contributed by atoms with Gasteiger partial charge in [-0.3, -0.25) is 4.79 Å². The van der Waals surface area contributed by atoms with Crippen LogP contribution in [0.1, 0.15) is 19.8 Å². The van der Waals surface area contributed by atoms with E-state index in [2.05, 4.69) is 14.1 Å². The predicted octanol–water partition coefficient (Wildman–Crippen LogP) is 0.589. The molecule has 8 nitrogen and oxygen atoms in total. The maximum absolute atomic E-state index is 13.0. The molecular weight excluding hydrogens is 364 g/mol. The minimum atomic E-state index is -3.75. The van der Waals surface area contributed by atoms with Gasteiger partial charge in [0.2, 0.25) is 15.9 Å². The second-order valence-corrected chi connectivity index (χ2v) is 8.62. The zero-order valence-corrected chi connectivity index (χ0v) is 15.4. The Morgan fingerprint density at radius 1 is 1.48 bits per heavy atom. The Balaban J connectivity index is 1.83. The first-order chi connectivity index (χ1) is 11.9. The maximum atomic E-state index is 13.0. The van der Waals surface area contributed by atoms with Crippen LogP contribution in [-0.2, 0) is 14.8 Å². The highest BCUT2D eigenvalue weighted by atomic mass is 32.2. The van der Waals surface area contributed by atoms with Crippen LogP contribution in [0.15, 0.2) is 23.1 Å². The van der Waals surface area contributed by atoms with Gasteiger partial charge >= 0.3 is 0 Å². The Kier molecular flexibility index (Phi) is 5.32. The van der Waals surface area contributed by atoms with Crippen molar-refractivity contribution in [3.63, 3.8) is 0 Å². The van der Waals surface area contributed by atoms with Crippen molar-refractivity contribution in [3.05, 3.63) is 18.2 Å². The molecule has 2 heterocycles. The summed E-state index contributed by atoms with van der Waals surface area (Å²) in [5.41, 5.74) is 0.919. The Morgan fingerprint density at radius 2 is 2.28 bits per heavy atom. The van der Waals surface area contributed by atoms with E-state index in [0.717, 1.165) is 11.7 Å². The molecule has 0 aliphatic carbocycles. The largest absolute Gasteiger partial charge is 0.394 e. The summed E-state index contributed by atoms with van der Waals surface area (Å²) >= 11 is 0.974. The highest BCUT2D eigenvalue weighted by Gasteiger charge is 2.34. The molecule has 1 aliphatic rings. The molecule has 1 aromatic carbocycles. The molecule has 25 heavy (non-hydrogen) atoms. The molecule has 136 valence electrons. The summed E-state index contributed by atoms with van der Waals surface area (Å²) in [6.45, 7) is 2.04. The standard InChI is InChI=1S/C15H20N4O4S2/c1-10(9-20)16-15(21)11-4-3-7-19(8-11)25(22,23)13-6-2-5-12-14(13)18-24-17-12/h2,5-6,10-11,20H,3-4,7-9H2,1H3,(H,16,21). The first-order valence-electron chi connectivity index (χ1n) is 8.06. The predicted molar refractivity (Wildman–Crippen MR) is 93.6 cm³/mol. The van der Waals surface area contributed by atoms with Gasteiger partial charge < -0.3 is 10.4 Å². The van der Waals surface area contributed by atoms with Crippen molar-refractivity contribution < 1.29 is 18.3 Å². The van der Waals surface area contributed by atoms with Crippen LogP contribution < -0.4 is 5.32 Å². The van der Waals surface area contributed by atoms with Crippen LogP contribution in [0, 0.1) is 5.92 Å². The Labute approximate surface area is 150 Å². The van der Waals surface area contributed by atoms with Gasteiger partial charge in [-0.1, -0.05) is 6.07 Å². The molecule has 0 radical (unpaired) electrons. The number of aromatic nitrogens is 2. The van der Waals surface area contributed by atoms with Gasteiger partial charge in [-0.15, -0.1) is 0 Å². The van der Waals surface area contributed by atoms with Crippen molar-refractivity contribution in [2.24, 2.45) is 5.92 Å². The Bertz CT molecular complexity index is 867. The first-order valence-corrected chi connectivity index (χ1v) is 10.2. The summed E-state index contributed by atoms with van der Waals surface area (Å²) in [5, 5.41) is 11.8. The van der Waals surface area contributed by atoms with Crippen LogP contribution >= 0.6 is 11.7 Å². The third-order valence-electron chi connectivity index (χ3n) is 4.28. The van der Waals surface area contributed by atoms with E-state index in [-0.39, 0.29) is 30.0 Å². The average molecular weight is 384 g/mol. The highest BCUT2D eigenvalue weighted by Crippen LogP contribution is 2.28. The summed E-state index contributed by atoms with van der Waals surface area (Å²) < 4.78 is 35.6. The van der Waals surface area contributed by atoms with E-state index in [0.29, 0.717) is 30.4 Å². The van der Waals surface area contributed by atoms with Gasteiger partial charge in [-0.25, -0.2) is 8.42 Å². The van der Waals surface area contributed by atoms with Crippen LogP contribution in [0.2, 0.25) is 0 Å². The van der Waals surface area contributed by atoms with Crippen molar-refractivity contribution in [1.29, 1.82) is 0 Å². The van der Waals surface area contributed by atoms with Crippen LogP contribution in [0.3, 0.4) is 0 Å². The molecule has 1 fully saturated rings. The highest BCUT2D eigenvalue weighted by molar-refractivity contribution is 7.89. The van der Waals surface area contributed by atoms with Gasteiger partial charge in [0, 0.05) is 19.1 Å². The average Bonchev–Trinajstić information content (AvgIpc) is 3.10. The number of carbonyl (C=O) groups is 1. The number of benzene rings is 1. The normalized spacial score (nSPS) is 20.5. The molecule has 10 heteroatoms. The van der Waals surface area contributed by atoms with Crippen molar-refractivity contribution in [1.82, 2.24) is 18.4 Å². The number of piperidine rings is 1. The van der Waals surface area contributed by atoms with Gasteiger partial charge in [0.25, 0.3) is 0 Å². The van der Waals surface area contributed by atoms with E-state index in [1.807, 2.05) is 0 Å². The van der Waals surface area contributed by atoms with E-state index < -0.39 is 15.9 Å². The minimum Gasteiger partial charge on any atom is -0.394 e. The number of aliphatic hydroxyl groups excluding tert-OH is 1. The number of nitrogens with one attached hydrogen (secondary N) is 1. The fourth-order valence-electron chi connectivity index (χ4n) is 2.91. The Morgan fingerprint density at radius 3 is 3.04 bits per heavy atom. The lowest BCUT2D eigenvalue weighted by atomic mass is 9.98. The van der Waals surface area contributed by atoms with E-state index >= 15 is 0 Å². The lowest BCUT2D eigenvalue weighted by molar-refractivity contribution is -0.127. The number of aliphatic hydroxyl groups is 1. The second kappa shape index (κ2) is 7.32. The fourth-order valence-corrected chi connectivity index (χ4v) is 5.19. The zero-order valence-electron chi connectivity index (χ0n) is 13.8. The molecule has 0 saturated carbocycles. The lowest BCUT2D eigenvalue weighted by Gasteiger charge is -2.31. The minimum absolute atomic E-state index is 0.125. The van der Waals surface area contributed by atoms with E-state index in [4.69, 9.17) is 5.11 Å². The molecule has 3 rings (SSSR count). The molecule has 2 unspecified atom stereocenters. The summed E-state index contributed by atoms with van der Waals surface area (Å²) in [5.74, 6) is -0.653. The van der Waals surface area contributed by atoms with Crippen molar-refractivity contribution in [2.75, 3.05) is 19.7 Å². The molecule has 1 aromatic heterocycles. The molecule has 0 bridgehead atoms. The van der Waals surface area contributed by atoms with Crippen molar-refractivity contribution in [2.45, 2.75) is 30.7 Å². The molecule has 1 amide bonds. The van der Waals surface area contributed by atoms with Gasteiger partial charge in [0.05, 0.1) is 24.3 Å². The molecule has 2 aromatic rings. The number of nitrogens with zero attached hydrogens (tertiary/aromatic N) is 3. The first kappa shape index (κ1) is 18.2. The van der Waals surface area contributed by atoms with Gasteiger partial charge in [-0.2, -0.15) is 13.1 Å². The molecule has 1 saturated heterocycles. The number of sulfonamides is 1. The van der Waals surface area contributed by atoms with Gasteiger partial charge in [0.1, 0.15) is 15.9 Å². The molecule has 1 aliphatic heterocycles. The number of fused-ring (bicyclic) bond motifs is 1.